The average molecular weight is 520 g/mol. The zero-order valence-corrected chi connectivity index (χ0v) is 22.6. The highest BCUT2D eigenvalue weighted by Gasteiger charge is 2.22. The van der Waals surface area contributed by atoms with E-state index in [1.807, 2.05) is 43.0 Å². The molecule has 2 aromatic rings. The van der Waals surface area contributed by atoms with E-state index in [4.69, 9.17) is 4.74 Å². The number of nitrogens with zero attached hydrogens (tertiary/aromatic N) is 1. The van der Waals surface area contributed by atoms with Crippen molar-refractivity contribution in [3.63, 3.8) is 0 Å². The van der Waals surface area contributed by atoms with Crippen molar-refractivity contribution in [2.24, 2.45) is 10.9 Å². The summed E-state index contributed by atoms with van der Waals surface area (Å²) in [7, 11) is 2.03. The number of rotatable bonds is 11. The molecule has 0 saturated carbocycles. The molecule has 0 N–H and O–H groups in total. The van der Waals surface area contributed by atoms with E-state index in [1.54, 1.807) is 31.2 Å². The smallest absolute Gasteiger partial charge is 0.387 e. The Labute approximate surface area is 214 Å². The second-order valence-corrected chi connectivity index (χ2v) is 9.47. The first kappa shape index (κ1) is 29.5. The number of ether oxygens (including phenoxy) is 1. The largest absolute Gasteiger partial charge is 0.435 e. The minimum absolute atomic E-state index is 0.0327. The number of alkyl halides is 3. The van der Waals surface area contributed by atoms with E-state index < -0.39 is 18.3 Å². The third kappa shape index (κ3) is 7.16. The summed E-state index contributed by atoms with van der Waals surface area (Å²) in [5.41, 5.74) is 4.26. The van der Waals surface area contributed by atoms with Crippen molar-refractivity contribution >= 4 is 32.3 Å². The Morgan fingerprint density at radius 1 is 1.19 bits per heavy atom. The lowest BCUT2D eigenvalue weighted by Gasteiger charge is -2.22. The van der Waals surface area contributed by atoms with Crippen LogP contribution in [-0.4, -0.2) is 18.2 Å². The van der Waals surface area contributed by atoms with Gasteiger partial charge in [0.05, 0.1) is 5.69 Å². The zero-order valence-electron chi connectivity index (χ0n) is 21.4. The third-order valence-electron chi connectivity index (χ3n) is 6.29. The number of allylic oxidation sites excluding steroid dienone is 3. The van der Waals surface area contributed by atoms with Crippen LogP contribution in [0.4, 0.5) is 23.2 Å². The normalized spacial score (nSPS) is 15.0. The summed E-state index contributed by atoms with van der Waals surface area (Å²) in [5.74, 6) is -1.92. The average Bonchev–Trinajstić information content (AvgIpc) is 2.81. The summed E-state index contributed by atoms with van der Waals surface area (Å²) < 4.78 is 59.5. The lowest BCUT2D eigenvalue weighted by molar-refractivity contribution is -0.0506. The predicted octanol–water partition coefficient (Wildman–Crippen LogP) is 9.43. The molecule has 0 radical (unpaired) electrons. The highest BCUT2D eigenvalue weighted by Crippen LogP contribution is 2.37. The first-order valence-corrected chi connectivity index (χ1v) is 12.4. The van der Waals surface area contributed by atoms with Gasteiger partial charge >= 0.3 is 6.61 Å². The SMILES string of the molecule is C=Cc1cccc(OC(F)F)c1C(C)CC(C)/C(C)=N/c1cc(F)c(/C(=C/C)C(=C)C(F)P)cc1C. The maximum atomic E-state index is 15.0. The topological polar surface area (TPSA) is 21.6 Å². The molecule has 0 spiro atoms. The summed E-state index contributed by atoms with van der Waals surface area (Å²) in [6, 6.07) is 7.99. The summed E-state index contributed by atoms with van der Waals surface area (Å²) in [5, 5.41) is 0. The quantitative estimate of drug-likeness (QED) is 0.125. The van der Waals surface area contributed by atoms with Crippen LogP contribution >= 0.6 is 9.24 Å². The van der Waals surface area contributed by atoms with Crippen LogP contribution in [-0.2, 0) is 0 Å². The maximum Gasteiger partial charge on any atom is 0.387 e. The summed E-state index contributed by atoms with van der Waals surface area (Å²) in [6.45, 7) is 13.9. The van der Waals surface area contributed by atoms with Gasteiger partial charge in [-0.3, -0.25) is 4.99 Å². The standard InChI is InChI=1S/C29H34F4NOP/c1-8-21-11-10-12-26(35-29(32)33)27(21)18(5)13-16(3)20(7)34-25-15-24(30)23(14-17(25)4)22(9-2)19(6)28(31)36/h8-12,14-16,18,28-29H,1,6,13,36H2,2-5,7H3/b22-9+,34-20+. The van der Waals surface area contributed by atoms with Crippen molar-refractivity contribution in [3.8, 4) is 5.75 Å². The van der Waals surface area contributed by atoms with Gasteiger partial charge in [0, 0.05) is 22.9 Å². The highest BCUT2D eigenvalue weighted by atomic mass is 31.0. The van der Waals surface area contributed by atoms with Crippen LogP contribution in [0.1, 0.15) is 62.3 Å². The first-order valence-electron chi connectivity index (χ1n) is 11.7. The molecule has 4 unspecified atom stereocenters. The van der Waals surface area contributed by atoms with Gasteiger partial charge < -0.3 is 4.74 Å². The van der Waals surface area contributed by atoms with Crippen LogP contribution < -0.4 is 4.74 Å². The summed E-state index contributed by atoms with van der Waals surface area (Å²) in [6.07, 6.45) is 3.87. The van der Waals surface area contributed by atoms with Crippen LogP contribution in [0.25, 0.3) is 11.6 Å². The van der Waals surface area contributed by atoms with Gasteiger partial charge in [0.1, 0.15) is 17.5 Å². The van der Waals surface area contributed by atoms with Gasteiger partial charge in [0.15, 0.2) is 0 Å². The van der Waals surface area contributed by atoms with Gasteiger partial charge in [0.2, 0.25) is 0 Å². The number of hydrogen-bond donors (Lipinski definition) is 0. The molecule has 2 rings (SSSR count). The van der Waals surface area contributed by atoms with Gasteiger partial charge in [-0.2, -0.15) is 8.78 Å². The number of halogens is 4. The van der Waals surface area contributed by atoms with E-state index in [-0.39, 0.29) is 28.7 Å². The Bertz CT molecular complexity index is 1170. The van der Waals surface area contributed by atoms with E-state index in [1.165, 1.54) is 12.1 Å². The van der Waals surface area contributed by atoms with E-state index in [0.717, 1.165) is 16.8 Å². The molecule has 0 bridgehead atoms. The fraction of sp³-hybridized carbons (Fsp3) is 0.345. The van der Waals surface area contributed by atoms with Crippen molar-refractivity contribution in [1.82, 2.24) is 0 Å². The van der Waals surface area contributed by atoms with E-state index in [2.05, 4.69) is 18.2 Å². The van der Waals surface area contributed by atoms with Crippen LogP contribution in [0.3, 0.4) is 0 Å². The number of aryl methyl sites for hydroxylation is 1. The van der Waals surface area contributed by atoms with Gasteiger partial charge in [-0.05, 0) is 73.4 Å². The fourth-order valence-electron chi connectivity index (χ4n) is 4.24. The minimum Gasteiger partial charge on any atom is -0.435 e. The van der Waals surface area contributed by atoms with Crippen molar-refractivity contribution in [2.75, 3.05) is 0 Å². The first-order chi connectivity index (χ1) is 16.9. The minimum atomic E-state index is -2.93. The summed E-state index contributed by atoms with van der Waals surface area (Å²) in [4.78, 5) is 4.67. The van der Waals surface area contributed by atoms with Crippen molar-refractivity contribution in [2.45, 2.75) is 59.5 Å². The molecule has 0 saturated heterocycles. The molecule has 0 aliphatic rings. The molecule has 0 fully saturated rings. The summed E-state index contributed by atoms with van der Waals surface area (Å²) >= 11 is 0. The molecule has 36 heavy (non-hydrogen) atoms. The van der Waals surface area contributed by atoms with E-state index in [0.29, 0.717) is 23.2 Å². The Morgan fingerprint density at radius 2 is 1.86 bits per heavy atom. The zero-order chi connectivity index (χ0) is 27.2. The molecule has 2 nitrogen and oxygen atoms in total. The Balaban J connectivity index is 2.33. The molecule has 7 heteroatoms. The third-order valence-corrected chi connectivity index (χ3v) is 6.69. The predicted molar refractivity (Wildman–Crippen MR) is 147 cm³/mol. The van der Waals surface area contributed by atoms with E-state index in [9.17, 15) is 13.2 Å². The van der Waals surface area contributed by atoms with Gasteiger partial charge in [-0.15, -0.1) is 0 Å². The molecule has 2 aromatic carbocycles. The van der Waals surface area contributed by atoms with Crippen LogP contribution in [0.15, 0.2) is 60.1 Å². The van der Waals surface area contributed by atoms with Crippen LogP contribution in [0, 0.1) is 18.7 Å². The highest BCUT2D eigenvalue weighted by molar-refractivity contribution is 7.17. The second-order valence-electron chi connectivity index (χ2n) is 8.88. The Morgan fingerprint density at radius 3 is 2.42 bits per heavy atom. The molecule has 0 aliphatic heterocycles. The molecule has 0 aromatic heterocycles. The second kappa shape index (κ2) is 13.0. The van der Waals surface area contributed by atoms with Gasteiger partial charge in [0.25, 0.3) is 0 Å². The van der Waals surface area contributed by atoms with Gasteiger partial charge in [-0.1, -0.05) is 60.5 Å². The number of aliphatic imine (C=N–C) groups is 1. The monoisotopic (exact) mass is 519 g/mol. The molecular weight excluding hydrogens is 485 g/mol. The molecular formula is C29H34F4NOP. The molecule has 0 aliphatic carbocycles. The number of hydrogen-bond acceptors (Lipinski definition) is 2. The molecule has 194 valence electrons. The Kier molecular flexibility index (Phi) is 10.7. The molecule has 0 heterocycles. The van der Waals surface area contributed by atoms with E-state index >= 15 is 4.39 Å². The molecule has 0 amide bonds. The van der Waals surface area contributed by atoms with Crippen molar-refractivity contribution < 1.29 is 22.3 Å². The Hall–Kier alpha value is -2.72. The lowest BCUT2D eigenvalue weighted by atomic mass is 9.86. The van der Waals surface area contributed by atoms with Crippen molar-refractivity contribution in [3.05, 3.63) is 83.2 Å². The van der Waals surface area contributed by atoms with Crippen molar-refractivity contribution in [1.29, 1.82) is 0 Å². The lowest BCUT2D eigenvalue weighted by Crippen LogP contribution is -2.13. The van der Waals surface area contributed by atoms with Crippen LogP contribution in [0.2, 0.25) is 0 Å². The molecule has 4 atom stereocenters. The number of benzene rings is 2. The fourth-order valence-corrected chi connectivity index (χ4v) is 4.42. The van der Waals surface area contributed by atoms with Crippen LogP contribution in [0.5, 0.6) is 5.75 Å². The van der Waals surface area contributed by atoms with Gasteiger partial charge in [-0.25, -0.2) is 8.78 Å². The maximum absolute atomic E-state index is 15.0.